The lowest BCUT2D eigenvalue weighted by molar-refractivity contribution is 0.194. The molecule has 0 saturated carbocycles. The van der Waals surface area contributed by atoms with Gasteiger partial charge in [0.15, 0.2) is 0 Å². The molecule has 0 amide bonds. The Labute approximate surface area is 126 Å². The van der Waals surface area contributed by atoms with Gasteiger partial charge >= 0.3 is 5.69 Å². The Morgan fingerprint density at radius 1 is 1.29 bits per heavy atom. The van der Waals surface area contributed by atoms with Crippen LogP contribution in [-0.2, 0) is 0 Å². The molecule has 112 valence electrons. The fraction of sp³-hybridized carbons (Fsp3) is 0.333. The number of hydrogen-bond acceptors (Lipinski definition) is 4. The van der Waals surface area contributed by atoms with E-state index in [-0.39, 0.29) is 11.1 Å². The molecule has 1 heterocycles. The molecule has 0 fully saturated rings. The maximum atomic E-state index is 13.0. The van der Waals surface area contributed by atoms with Gasteiger partial charge in [0.2, 0.25) is 0 Å². The van der Waals surface area contributed by atoms with Crippen molar-refractivity contribution in [3.05, 3.63) is 57.4 Å². The molecule has 0 aliphatic heterocycles. The van der Waals surface area contributed by atoms with Crippen LogP contribution < -0.4 is 5.69 Å². The summed E-state index contributed by atoms with van der Waals surface area (Å²) < 4.78 is 13.0. The Kier molecular flexibility index (Phi) is 4.80. The van der Waals surface area contributed by atoms with Gasteiger partial charge in [-0.2, -0.15) is 4.98 Å². The molecule has 0 spiro atoms. The molecule has 2 rings (SSSR count). The number of hydrogen-bond donors (Lipinski definition) is 2. The van der Waals surface area contributed by atoms with Crippen LogP contribution in [0, 0.1) is 12.7 Å². The highest BCUT2D eigenvalue weighted by atomic mass is 32.2. The van der Waals surface area contributed by atoms with Gasteiger partial charge in [0, 0.05) is 16.5 Å². The van der Waals surface area contributed by atoms with Gasteiger partial charge in [0.05, 0.1) is 6.10 Å². The van der Waals surface area contributed by atoms with Gasteiger partial charge in [-0.25, -0.2) is 9.18 Å². The van der Waals surface area contributed by atoms with E-state index in [4.69, 9.17) is 0 Å². The SMILES string of the molecule is Cc1[nH]c(=O)nc(SC(C)c2ccc(F)cc2)c1C(C)O. The Hall–Kier alpha value is -1.66. The molecular formula is C15H17FN2O2S. The zero-order valence-corrected chi connectivity index (χ0v) is 12.9. The highest BCUT2D eigenvalue weighted by Crippen LogP contribution is 2.37. The third-order valence-corrected chi connectivity index (χ3v) is 4.34. The number of aliphatic hydroxyl groups excluding tert-OH is 1. The molecular weight excluding hydrogens is 291 g/mol. The highest BCUT2D eigenvalue weighted by Gasteiger charge is 2.18. The van der Waals surface area contributed by atoms with Gasteiger partial charge in [-0.3, -0.25) is 0 Å². The summed E-state index contributed by atoms with van der Waals surface area (Å²) >= 11 is 1.37. The van der Waals surface area contributed by atoms with E-state index in [2.05, 4.69) is 9.97 Å². The number of thioether (sulfide) groups is 1. The van der Waals surface area contributed by atoms with Gasteiger partial charge in [0.25, 0.3) is 0 Å². The van der Waals surface area contributed by atoms with Crippen molar-refractivity contribution in [3.63, 3.8) is 0 Å². The molecule has 21 heavy (non-hydrogen) atoms. The first-order valence-electron chi connectivity index (χ1n) is 6.59. The van der Waals surface area contributed by atoms with Crippen molar-refractivity contribution in [1.29, 1.82) is 0 Å². The predicted molar refractivity (Wildman–Crippen MR) is 80.9 cm³/mol. The first kappa shape index (κ1) is 15.7. The van der Waals surface area contributed by atoms with Crippen molar-refractivity contribution >= 4 is 11.8 Å². The predicted octanol–water partition coefficient (Wildman–Crippen LogP) is 3.12. The fourth-order valence-electron chi connectivity index (χ4n) is 2.12. The van der Waals surface area contributed by atoms with Crippen molar-refractivity contribution in [1.82, 2.24) is 9.97 Å². The second-order valence-electron chi connectivity index (χ2n) is 4.87. The van der Waals surface area contributed by atoms with Crippen LogP contribution in [-0.4, -0.2) is 15.1 Å². The summed E-state index contributed by atoms with van der Waals surface area (Å²) in [6.45, 7) is 5.31. The van der Waals surface area contributed by atoms with Crippen LogP contribution in [0.15, 0.2) is 34.1 Å². The standard InChI is InChI=1S/C15H17FN2O2S/c1-8-13(9(2)19)14(18-15(20)17-8)21-10(3)11-4-6-12(16)7-5-11/h4-7,9-10,19H,1-3H3,(H,17,18,20). The number of benzene rings is 1. The summed E-state index contributed by atoms with van der Waals surface area (Å²) in [4.78, 5) is 18.1. The number of rotatable bonds is 4. The van der Waals surface area contributed by atoms with E-state index in [1.165, 1.54) is 23.9 Å². The molecule has 4 nitrogen and oxygen atoms in total. The molecule has 1 aromatic heterocycles. The number of aromatic amines is 1. The molecule has 1 aromatic carbocycles. The second kappa shape index (κ2) is 6.41. The fourth-order valence-corrected chi connectivity index (χ4v) is 3.33. The number of aromatic nitrogens is 2. The summed E-state index contributed by atoms with van der Waals surface area (Å²) in [6, 6.07) is 6.21. The first-order valence-corrected chi connectivity index (χ1v) is 7.47. The third-order valence-electron chi connectivity index (χ3n) is 3.18. The Morgan fingerprint density at radius 2 is 1.90 bits per heavy atom. The normalized spacial score (nSPS) is 14.0. The zero-order chi connectivity index (χ0) is 15.6. The van der Waals surface area contributed by atoms with E-state index in [1.54, 1.807) is 26.0 Å². The Balaban J connectivity index is 2.34. The van der Waals surface area contributed by atoms with Crippen molar-refractivity contribution in [2.75, 3.05) is 0 Å². The molecule has 2 atom stereocenters. The molecule has 0 radical (unpaired) electrons. The monoisotopic (exact) mass is 308 g/mol. The second-order valence-corrected chi connectivity index (χ2v) is 6.20. The highest BCUT2D eigenvalue weighted by molar-refractivity contribution is 7.99. The van der Waals surface area contributed by atoms with Gasteiger partial charge in [-0.05, 0) is 38.5 Å². The molecule has 2 N–H and O–H groups in total. The minimum Gasteiger partial charge on any atom is -0.389 e. The van der Waals surface area contributed by atoms with Gasteiger partial charge < -0.3 is 10.1 Å². The molecule has 0 aliphatic carbocycles. The van der Waals surface area contributed by atoms with E-state index in [1.807, 2.05) is 6.92 Å². The Bertz CT molecular complexity index is 683. The molecule has 2 aromatic rings. The summed E-state index contributed by atoms with van der Waals surface area (Å²) in [5.74, 6) is -0.286. The van der Waals surface area contributed by atoms with E-state index < -0.39 is 11.8 Å². The number of H-pyrrole nitrogens is 1. The zero-order valence-electron chi connectivity index (χ0n) is 12.1. The van der Waals surface area contributed by atoms with E-state index in [9.17, 15) is 14.3 Å². The van der Waals surface area contributed by atoms with Crippen LogP contribution in [0.5, 0.6) is 0 Å². The lowest BCUT2D eigenvalue weighted by atomic mass is 10.1. The average molecular weight is 308 g/mol. The summed E-state index contributed by atoms with van der Waals surface area (Å²) in [5.41, 5.74) is 1.72. The van der Waals surface area contributed by atoms with Gasteiger partial charge in [-0.15, -0.1) is 0 Å². The minimum absolute atomic E-state index is 0.0169. The largest absolute Gasteiger partial charge is 0.389 e. The lowest BCUT2D eigenvalue weighted by Gasteiger charge is -2.16. The average Bonchev–Trinajstić information content (AvgIpc) is 2.37. The number of nitrogens with one attached hydrogen (secondary N) is 1. The maximum absolute atomic E-state index is 13.0. The lowest BCUT2D eigenvalue weighted by Crippen LogP contribution is -2.17. The number of aryl methyl sites for hydroxylation is 1. The topological polar surface area (TPSA) is 66.0 Å². The van der Waals surface area contributed by atoms with Crippen molar-refractivity contribution in [2.45, 2.75) is 37.2 Å². The van der Waals surface area contributed by atoms with Crippen molar-refractivity contribution in [3.8, 4) is 0 Å². The van der Waals surface area contributed by atoms with Crippen LogP contribution in [0.25, 0.3) is 0 Å². The van der Waals surface area contributed by atoms with Crippen LogP contribution in [0.3, 0.4) is 0 Å². The van der Waals surface area contributed by atoms with E-state index in [0.29, 0.717) is 16.3 Å². The molecule has 2 unspecified atom stereocenters. The van der Waals surface area contributed by atoms with Crippen LogP contribution >= 0.6 is 11.8 Å². The summed E-state index contributed by atoms with van der Waals surface area (Å²) in [5, 5.41) is 10.4. The molecule has 0 aliphatic rings. The minimum atomic E-state index is -0.725. The third kappa shape index (κ3) is 3.71. The quantitative estimate of drug-likeness (QED) is 0.673. The number of nitrogens with zero attached hydrogens (tertiary/aromatic N) is 1. The maximum Gasteiger partial charge on any atom is 0.346 e. The van der Waals surface area contributed by atoms with Crippen molar-refractivity contribution in [2.24, 2.45) is 0 Å². The van der Waals surface area contributed by atoms with Crippen LogP contribution in [0.2, 0.25) is 0 Å². The summed E-state index contributed by atoms with van der Waals surface area (Å²) in [7, 11) is 0. The molecule has 6 heteroatoms. The van der Waals surface area contributed by atoms with Crippen molar-refractivity contribution < 1.29 is 9.50 Å². The van der Waals surface area contributed by atoms with E-state index >= 15 is 0 Å². The summed E-state index contributed by atoms with van der Waals surface area (Å²) in [6.07, 6.45) is -0.725. The van der Waals surface area contributed by atoms with Crippen LogP contribution in [0.1, 0.15) is 42.0 Å². The molecule has 0 saturated heterocycles. The number of aliphatic hydroxyl groups is 1. The Morgan fingerprint density at radius 3 is 2.48 bits per heavy atom. The number of halogens is 1. The van der Waals surface area contributed by atoms with E-state index in [0.717, 1.165) is 5.56 Å². The van der Waals surface area contributed by atoms with Gasteiger partial charge in [-0.1, -0.05) is 23.9 Å². The van der Waals surface area contributed by atoms with Gasteiger partial charge in [0.1, 0.15) is 10.8 Å². The first-order chi connectivity index (χ1) is 9.88. The molecule has 0 bridgehead atoms. The van der Waals surface area contributed by atoms with Crippen LogP contribution in [0.4, 0.5) is 4.39 Å². The smallest absolute Gasteiger partial charge is 0.346 e.